The van der Waals surface area contributed by atoms with Crippen LogP contribution in [0.5, 0.6) is 0 Å². The van der Waals surface area contributed by atoms with Gasteiger partial charge in [-0.3, -0.25) is 4.98 Å². The van der Waals surface area contributed by atoms with Gasteiger partial charge in [0.2, 0.25) is 0 Å². The van der Waals surface area contributed by atoms with Gasteiger partial charge in [0.05, 0.1) is 5.69 Å². The largest absolute Gasteiger partial charge is 0.257 e. The van der Waals surface area contributed by atoms with E-state index in [2.05, 4.69) is 37.0 Å². The molecule has 0 aliphatic rings. The maximum Gasteiger partial charge on any atom is 0.0658 e. The van der Waals surface area contributed by atoms with Crippen LogP contribution in [0.4, 0.5) is 0 Å². The Morgan fingerprint density at radius 3 is 2.92 bits per heavy atom. The van der Waals surface area contributed by atoms with Crippen molar-refractivity contribution in [2.75, 3.05) is 0 Å². The van der Waals surface area contributed by atoms with Crippen LogP contribution >= 0.6 is 0 Å². The molecule has 0 fully saturated rings. The van der Waals surface area contributed by atoms with E-state index in [4.69, 9.17) is 0 Å². The second-order valence-electron chi connectivity index (χ2n) is 2.87. The summed E-state index contributed by atoms with van der Waals surface area (Å²) in [5.74, 6) is 0. The van der Waals surface area contributed by atoms with Gasteiger partial charge in [-0.2, -0.15) is 0 Å². The number of rotatable bonds is 2. The molecule has 0 saturated carbocycles. The van der Waals surface area contributed by atoms with Crippen molar-refractivity contribution < 1.29 is 0 Å². The van der Waals surface area contributed by atoms with Crippen molar-refractivity contribution >= 4 is 5.57 Å². The highest BCUT2D eigenvalue weighted by Crippen LogP contribution is 2.11. The lowest BCUT2D eigenvalue weighted by atomic mass is 10.1. The molecule has 1 rings (SSSR count). The number of nitrogens with zero attached hydrogens (tertiary/aromatic N) is 1. The molecule has 0 aliphatic heterocycles. The second kappa shape index (κ2) is 4.05. The fourth-order valence-electron chi connectivity index (χ4n) is 1.06. The molecule has 1 nitrogen and oxygen atoms in total. The first-order valence-electron chi connectivity index (χ1n) is 4.36. The van der Waals surface area contributed by atoms with Crippen LogP contribution in [-0.2, 0) is 6.42 Å². The molecule has 0 N–H and O–H groups in total. The Hall–Kier alpha value is -1.11. The molecule has 0 amide bonds. The number of aryl methyl sites for hydroxylation is 1. The second-order valence-corrected chi connectivity index (χ2v) is 2.87. The van der Waals surface area contributed by atoms with E-state index in [0.717, 1.165) is 12.1 Å². The number of allylic oxidation sites excluding steroid dienone is 2. The van der Waals surface area contributed by atoms with E-state index in [1.54, 1.807) is 0 Å². The van der Waals surface area contributed by atoms with Crippen LogP contribution in [0.2, 0.25) is 0 Å². The fraction of sp³-hybridized carbons (Fsp3) is 0.364. The SMILES string of the molecule is C/C=C(\C)c1cc(CC)ccn1. The van der Waals surface area contributed by atoms with Crippen molar-refractivity contribution in [1.29, 1.82) is 0 Å². The maximum atomic E-state index is 4.29. The van der Waals surface area contributed by atoms with Crippen LogP contribution < -0.4 is 0 Å². The summed E-state index contributed by atoms with van der Waals surface area (Å²) in [5.41, 5.74) is 3.68. The van der Waals surface area contributed by atoms with E-state index in [1.807, 2.05) is 13.1 Å². The fourth-order valence-corrected chi connectivity index (χ4v) is 1.06. The molecule has 12 heavy (non-hydrogen) atoms. The molecular weight excluding hydrogens is 146 g/mol. The number of hydrogen-bond donors (Lipinski definition) is 0. The summed E-state index contributed by atoms with van der Waals surface area (Å²) >= 11 is 0. The lowest BCUT2D eigenvalue weighted by Crippen LogP contribution is -1.88. The summed E-state index contributed by atoms with van der Waals surface area (Å²) in [6, 6.07) is 4.21. The van der Waals surface area contributed by atoms with Gasteiger partial charge in [-0.05, 0) is 43.5 Å². The highest BCUT2D eigenvalue weighted by atomic mass is 14.7. The molecule has 0 saturated heterocycles. The van der Waals surface area contributed by atoms with Crippen molar-refractivity contribution in [2.24, 2.45) is 0 Å². The molecule has 1 heteroatoms. The Morgan fingerprint density at radius 2 is 2.33 bits per heavy atom. The zero-order valence-electron chi connectivity index (χ0n) is 7.96. The van der Waals surface area contributed by atoms with E-state index in [9.17, 15) is 0 Å². The number of pyridine rings is 1. The van der Waals surface area contributed by atoms with Crippen LogP contribution in [0.1, 0.15) is 32.0 Å². The van der Waals surface area contributed by atoms with Crippen molar-refractivity contribution in [2.45, 2.75) is 27.2 Å². The van der Waals surface area contributed by atoms with E-state index >= 15 is 0 Å². The average molecular weight is 161 g/mol. The summed E-state index contributed by atoms with van der Waals surface area (Å²) in [5, 5.41) is 0. The van der Waals surface area contributed by atoms with Gasteiger partial charge in [-0.15, -0.1) is 0 Å². The zero-order chi connectivity index (χ0) is 8.97. The summed E-state index contributed by atoms with van der Waals surface area (Å²) < 4.78 is 0. The minimum absolute atomic E-state index is 1.08. The smallest absolute Gasteiger partial charge is 0.0658 e. The van der Waals surface area contributed by atoms with Gasteiger partial charge < -0.3 is 0 Å². The average Bonchev–Trinajstić information content (AvgIpc) is 2.17. The molecule has 0 aliphatic carbocycles. The van der Waals surface area contributed by atoms with Gasteiger partial charge in [0.25, 0.3) is 0 Å². The highest BCUT2D eigenvalue weighted by Gasteiger charge is 1.96. The van der Waals surface area contributed by atoms with Crippen LogP contribution in [0, 0.1) is 0 Å². The first kappa shape index (κ1) is 8.98. The van der Waals surface area contributed by atoms with Gasteiger partial charge >= 0.3 is 0 Å². The summed E-state index contributed by atoms with van der Waals surface area (Å²) in [6.07, 6.45) is 5.04. The Balaban J connectivity index is 3.02. The predicted octanol–water partition coefficient (Wildman–Crippen LogP) is 3.07. The Kier molecular flexibility index (Phi) is 3.03. The van der Waals surface area contributed by atoms with Crippen LogP contribution in [0.25, 0.3) is 5.57 Å². The Bertz CT molecular complexity index is 287. The van der Waals surface area contributed by atoms with Crippen molar-refractivity contribution in [3.8, 4) is 0 Å². The third-order valence-electron chi connectivity index (χ3n) is 2.07. The molecule has 0 unspecified atom stereocenters. The number of hydrogen-bond acceptors (Lipinski definition) is 1. The number of aromatic nitrogens is 1. The molecule has 0 radical (unpaired) electrons. The molecule has 1 heterocycles. The minimum atomic E-state index is 1.08. The highest BCUT2D eigenvalue weighted by molar-refractivity contribution is 5.60. The van der Waals surface area contributed by atoms with Gasteiger partial charge in [0, 0.05) is 6.20 Å². The van der Waals surface area contributed by atoms with Crippen LogP contribution in [0.15, 0.2) is 24.4 Å². The Labute approximate surface area is 74.2 Å². The standard InChI is InChI=1S/C11H15N/c1-4-9(3)11-8-10(5-2)6-7-12-11/h4,6-8H,5H2,1-3H3/b9-4+. The van der Waals surface area contributed by atoms with E-state index in [-0.39, 0.29) is 0 Å². The summed E-state index contributed by atoms with van der Waals surface area (Å²) in [4.78, 5) is 4.29. The van der Waals surface area contributed by atoms with E-state index in [0.29, 0.717) is 0 Å². The lowest BCUT2D eigenvalue weighted by Gasteiger charge is -2.01. The molecule has 1 aromatic heterocycles. The maximum absolute atomic E-state index is 4.29. The third kappa shape index (κ3) is 1.94. The normalized spacial score (nSPS) is 11.8. The molecule has 1 aromatic rings. The van der Waals surface area contributed by atoms with E-state index in [1.165, 1.54) is 11.1 Å². The molecule has 64 valence electrons. The first-order chi connectivity index (χ1) is 5.77. The van der Waals surface area contributed by atoms with Gasteiger partial charge in [-0.1, -0.05) is 13.0 Å². The molecule has 0 aromatic carbocycles. The molecule has 0 atom stereocenters. The minimum Gasteiger partial charge on any atom is -0.257 e. The van der Waals surface area contributed by atoms with Crippen molar-refractivity contribution in [3.05, 3.63) is 35.7 Å². The van der Waals surface area contributed by atoms with E-state index < -0.39 is 0 Å². The molecular formula is C11H15N. The quantitative estimate of drug-likeness (QED) is 0.649. The zero-order valence-corrected chi connectivity index (χ0v) is 7.96. The Morgan fingerprint density at radius 1 is 1.58 bits per heavy atom. The topological polar surface area (TPSA) is 12.9 Å². The summed E-state index contributed by atoms with van der Waals surface area (Å²) in [7, 11) is 0. The third-order valence-corrected chi connectivity index (χ3v) is 2.07. The van der Waals surface area contributed by atoms with Crippen molar-refractivity contribution in [1.82, 2.24) is 4.98 Å². The van der Waals surface area contributed by atoms with Crippen LogP contribution in [0.3, 0.4) is 0 Å². The first-order valence-corrected chi connectivity index (χ1v) is 4.36. The molecule has 0 bridgehead atoms. The van der Waals surface area contributed by atoms with Gasteiger partial charge in [-0.25, -0.2) is 0 Å². The summed E-state index contributed by atoms with van der Waals surface area (Å²) in [6.45, 7) is 6.28. The predicted molar refractivity (Wildman–Crippen MR) is 52.9 cm³/mol. The van der Waals surface area contributed by atoms with Gasteiger partial charge in [0.1, 0.15) is 0 Å². The molecule has 0 spiro atoms. The lowest BCUT2D eigenvalue weighted by molar-refractivity contribution is 1.11. The van der Waals surface area contributed by atoms with Crippen molar-refractivity contribution in [3.63, 3.8) is 0 Å². The van der Waals surface area contributed by atoms with Gasteiger partial charge in [0.15, 0.2) is 0 Å². The van der Waals surface area contributed by atoms with Crippen LogP contribution in [-0.4, -0.2) is 4.98 Å². The monoisotopic (exact) mass is 161 g/mol.